The summed E-state index contributed by atoms with van der Waals surface area (Å²) < 4.78 is 0. The summed E-state index contributed by atoms with van der Waals surface area (Å²) in [5, 5.41) is 2.68. The van der Waals surface area contributed by atoms with E-state index in [1.807, 2.05) is 30.3 Å². The number of hydrogen-bond acceptors (Lipinski definition) is 3. The number of fused-ring (bicyclic) bond motifs is 2. The average molecular weight is 313 g/mol. The molecule has 6 heteroatoms. The van der Waals surface area contributed by atoms with E-state index in [-0.39, 0.29) is 24.3 Å². The van der Waals surface area contributed by atoms with E-state index < -0.39 is 17.6 Å². The van der Waals surface area contributed by atoms with Gasteiger partial charge in [0.2, 0.25) is 17.7 Å². The maximum atomic E-state index is 12.9. The Labute approximate surface area is 134 Å². The molecule has 2 aliphatic heterocycles. The predicted octanol–water partition coefficient (Wildman–Crippen LogP) is -0.0707. The molecule has 2 heterocycles. The summed E-state index contributed by atoms with van der Waals surface area (Å²) in [6, 6.07) is 8.47. The summed E-state index contributed by atoms with van der Waals surface area (Å²) in [4.78, 5) is 41.1. The number of benzene rings is 1. The minimum atomic E-state index is -0.600. The largest absolute Gasteiger partial charge is 0.345 e. The van der Waals surface area contributed by atoms with Crippen LogP contribution in [0.4, 0.5) is 0 Å². The van der Waals surface area contributed by atoms with E-state index in [2.05, 4.69) is 5.32 Å². The van der Waals surface area contributed by atoms with Crippen molar-refractivity contribution in [3.63, 3.8) is 0 Å². The summed E-state index contributed by atoms with van der Waals surface area (Å²) in [6.07, 6.45) is 1.99. The van der Waals surface area contributed by atoms with Crippen molar-refractivity contribution >= 4 is 17.7 Å². The fraction of sp³-hybridized carbons (Fsp3) is 0.471. The topological polar surface area (TPSA) is 69.7 Å². The molecule has 1 aromatic carbocycles. The Bertz CT molecular complexity index is 684. The standard InChI is InChI=1S/C17H19N3O3/c1-19-16(23)12(9-11-5-3-2-4-6-11)20-13(21)10-18-15(22)14(20)17(19)7-8-17/h2-6,12,14H,7-10H2,1H3,(H,18,22)/t12-,14-/m0/s1. The number of hydrogen-bond donors (Lipinski definition) is 1. The van der Waals surface area contributed by atoms with Crippen molar-refractivity contribution in [3.05, 3.63) is 35.9 Å². The fourth-order valence-corrected chi connectivity index (χ4v) is 3.98. The molecule has 1 aliphatic carbocycles. The lowest BCUT2D eigenvalue weighted by molar-refractivity contribution is -0.168. The summed E-state index contributed by atoms with van der Waals surface area (Å²) in [7, 11) is 1.76. The number of piperazine rings is 2. The zero-order chi connectivity index (χ0) is 16.2. The van der Waals surface area contributed by atoms with Crippen molar-refractivity contribution in [1.82, 2.24) is 15.1 Å². The third-order valence-corrected chi connectivity index (χ3v) is 5.39. The normalized spacial score (nSPS) is 28.7. The van der Waals surface area contributed by atoms with Crippen LogP contribution >= 0.6 is 0 Å². The molecule has 1 saturated carbocycles. The molecule has 3 amide bonds. The number of likely N-dealkylation sites (N-methyl/N-ethyl adjacent to an activating group) is 1. The first-order valence-electron chi connectivity index (χ1n) is 7.95. The van der Waals surface area contributed by atoms with Gasteiger partial charge in [0, 0.05) is 13.5 Å². The molecule has 3 fully saturated rings. The molecule has 0 bridgehead atoms. The Morgan fingerprint density at radius 1 is 1.17 bits per heavy atom. The molecule has 0 radical (unpaired) electrons. The lowest BCUT2D eigenvalue weighted by atomic mass is 9.89. The summed E-state index contributed by atoms with van der Waals surface area (Å²) >= 11 is 0. The maximum absolute atomic E-state index is 12.9. The van der Waals surface area contributed by atoms with E-state index in [1.54, 1.807) is 16.8 Å². The van der Waals surface area contributed by atoms with E-state index in [9.17, 15) is 14.4 Å². The molecule has 0 aromatic heterocycles. The fourth-order valence-electron chi connectivity index (χ4n) is 3.98. The highest BCUT2D eigenvalue weighted by atomic mass is 16.2. The van der Waals surface area contributed by atoms with Gasteiger partial charge >= 0.3 is 0 Å². The van der Waals surface area contributed by atoms with Gasteiger partial charge in [-0.2, -0.15) is 0 Å². The summed E-state index contributed by atoms with van der Waals surface area (Å²) in [5.74, 6) is -0.367. The van der Waals surface area contributed by atoms with Gasteiger partial charge in [-0.1, -0.05) is 30.3 Å². The minimum Gasteiger partial charge on any atom is -0.345 e. The van der Waals surface area contributed by atoms with Crippen LogP contribution < -0.4 is 5.32 Å². The van der Waals surface area contributed by atoms with Crippen LogP contribution in [0.3, 0.4) is 0 Å². The Morgan fingerprint density at radius 2 is 1.87 bits per heavy atom. The third-order valence-electron chi connectivity index (χ3n) is 5.39. The van der Waals surface area contributed by atoms with Crippen LogP contribution in [0.25, 0.3) is 0 Å². The lowest BCUT2D eigenvalue weighted by Gasteiger charge is -2.51. The Kier molecular flexibility index (Phi) is 2.98. The van der Waals surface area contributed by atoms with Gasteiger partial charge in [0.1, 0.15) is 12.1 Å². The number of amides is 3. The molecule has 1 aromatic rings. The van der Waals surface area contributed by atoms with E-state index >= 15 is 0 Å². The number of carbonyl (C=O) groups is 3. The first-order chi connectivity index (χ1) is 11.0. The zero-order valence-corrected chi connectivity index (χ0v) is 13.0. The summed E-state index contributed by atoms with van der Waals surface area (Å²) in [6.45, 7) is -0.0201. The molecule has 23 heavy (non-hydrogen) atoms. The van der Waals surface area contributed by atoms with Crippen LogP contribution in [0.5, 0.6) is 0 Å². The van der Waals surface area contributed by atoms with Crippen molar-refractivity contribution < 1.29 is 14.4 Å². The third kappa shape index (κ3) is 1.97. The molecular formula is C17H19N3O3. The quantitative estimate of drug-likeness (QED) is 0.831. The van der Waals surface area contributed by atoms with Crippen LogP contribution in [0, 0.1) is 0 Å². The Balaban J connectivity index is 1.73. The second kappa shape index (κ2) is 4.81. The van der Waals surface area contributed by atoms with E-state index in [0.29, 0.717) is 6.42 Å². The highest BCUT2D eigenvalue weighted by Gasteiger charge is 2.66. The van der Waals surface area contributed by atoms with Gasteiger partial charge < -0.3 is 15.1 Å². The molecule has 6 nitrogen and oxygen atoms in total. The van der Waals surface area contributed by atoms with Gasteiger partial charge in [-0.25, -0.2) is 0 Å². The van der Waals surface area contributed by atoms with E-state index in [1.165, 1.54) is 0 Å². The first kappa shape index (κ1) is 14.2. The van der Waals surface area contributed by atoms with Crippen molar-refractivity contribution in [2.75, 3.05) is 13.6 Å². The maximum Gasteiger partial charge on any atom is 0.246 e. The lowest BCUT2D eigenvalue weighted by Crippen LogP contribution is -2.75. The molecule has 1 N–H and O–H groups in total. The van der Waals surface area contributed by atoms with Gasteiger partial charge in [-0.3, -0.25) is 14.4 Å². The van der Waals surface area contributed by atoms with Crippen LogP contribution in [0.2, 0.25) is 0 Å². The SMILES string of the molecule is CN1C(=O)[C@H](Cc2ccccc2)N2C(=O)CNC(=O)[C@H]2C12CC2. The van der Waals surface area contributed by atoms with Gasteiger partial charge in [0.25, 0.3) is 0 Å². The van der Waals surface area contributed by atoms with E-state index in [4.69, 9.17) is 0 Å². The highest BCUT2D eigenvalue weighted by molar-refractivity contribution is 6.01. The Morgan fingerprint density at radius 3 is 2.52 bits per heavy atom. The molecule has 2 atom stereocenters. The molecule has 3 aliphatic rings. The second-order valence-corrected chi connectivity index (χ2v) is 6.63. The zero-order valence-electron chi connectivity index (χ0n) is 13.0. The van der Waals surface area contributed by atoms with Crippen molar-refractivity contribution in [2.45, 2.75) is 36.9 Å². The van der Waals surface area contributed by atoms with Gasteiger partial charge in [-0.15, -0.1) is 0 Å². The van der Waals surface area contributed by atoms with E-state index in [0.717, 1.165) is 18.4 Å². The average Bonchev–Trinajstić information content (AvgIpc) is 3.34. The second-order valence-electron chi connectivity index (χ2n) is 6.63. The smallest absolute Gasteiger partial charge is 0.246 e. The monoisotopic (exact) mass is 313 g/mol. The molecule has 120 valence electrons. The number of nitrogens with zero attached hydrogens (tertiary/aromatic N) is 2. The minimum absolute atomic E-state index is 0.0201. The first-order valence-corrected chi connectivity index (χ1v) is 7.95. The van der Waals surface area contributed by atoms with Gasteiger partial charge in [-0.05, 0) is 18.4 Å². The van der Waals surface area contributed by atoms with Crippen molar-refractivity contribution in [3.8, 4) is 0 Å². The molecule has 4 rings (SSSR count). The van der Waals surface area contributed by atoms with Crippen LogP contribution in [-0.2, 0) is 20.8 Å². The number of nitrogens with one attached hydrogen (secondary N) is 1. The van der Waals surface area contributed by atoms with Crippen LogP contribution in [0.15, 0.2) is 30.3 Å². The molecule has 2 saturated heterocycles. The predicted molar refractivity (Wildman–Crippen MR) is 82.3 cm³/mol. The molecular weight excluding hydrogens is 294 g/mol. The van der Waals surface area contributed by atoms with Crippen LogP contribution in [-0.4, -0.2) is 58.7 Å². The van der Waals surface area contributed by atoms with Crippen LogP contribution in [0.1, 0.15) is 18.4 Å². The van der Waals surface area contributed by atoms with Gasteiger partial charge in [0.15, 0.2) is 0 Å². The Hall–Kier alpha value is -2.37. The van der Waals surface area contributed by atoms with Crippen molar-refractivity contribution in [1.29, 1.82) is 0 Å². The number of rotatable bonds is 2. The summed E-state index contributed by atoms with van der Waals surface area (Å²) in [5.41, 5.74) is 0.494. The highest BCUT2D eigenvalue weighted by Crippen LogP contribution is 2.50. The van der Waals surface area contributed by atoms with Gasteiger partial charge in [0.05, 0.1) is 12.1 Å². The van der Waals surface area contributed by atoms with Crippen molar-refractivity contribution in [2.24, 2.45) is 0 Å². The number of carbonyl (C=O) groups excluding carboxylic acids is 3. The molecule has 0 unspecified atom stereocenters. The molecule has 1 spiro atoms.